The maximum absolute atomic E-state index is 13.1. The molecule has 1 amide bonds. The van der Waals surface area contributed by atoms with Gasteiger partial charge in [0.2, 0.25) is 0 Å². The van der Waals surface area contributed by atoms with Crippen molar-refractivity contribution in [3.63, 3.8) is 0 Å². The molecule has 156 valence electrons. The van der Waals surface area contributed by atoms with Gasteiger partial charge >= 0.3 is 0 Å². The van der Waals surface area contributed by atoms with Crippen LogP contribution in [0.15, 0.2) is 42.5 Å². The van der Waals surface area contributed by atoms with Gasteiger partial charge < -0.3 is 9.64 Å². The Labute approximate surface area is 183 Å². The number of rotatable bonds is 4. The molecule has 1 aliphatic carbocycles. The van der Waals surface area contributed by atoms with E-state index in [1.807, 2.05) is 23.1 Å². The Kier molecular flexibility index (Phi) is 6.01. The van der Waals surface area contributed by atoms with Gasteiger partial charge in [-0.2, -0.15) is 5.26 Å². The normalized spacial score (nSPS) is 23.2. The molecule has 1 saturated carbocycles. The summed E-state index contributed by atoms with van der Waals surface area (Å²) in [7, 11) is 0. The Morgan fingerprint density at radius 2 is 1.80 bits per heavy atom. The van der Waals surface area contributed by atoms with Crippen LogP contribution in [0.5, 0.6) is 5.75 Å². The van der Waals surface area contributed by atoms with Crippen molar-refractivity contribution in [3.05, 3.63) is 64.2 Å². The van der Waals surface area contributed by atoms with Crippen molar-refractivity contribution in [1.82, 2.24) is 4.90 Å². The fourth-order valence-corrected chi connectivity index (χ4v) is 4.97. The molecule has 0 spiro atoms. The molecule has 2 fully saturated rings. The van der Waals surface area contributed by atoms with Crippen molar-refractivity contribution in [2.24, 2.45) is 11.8 Å². The van der Waals surface area contributed by atoms with E-state index in [0.717, 1.165) is 31.5 Å². The van der Waals surface area contributed by atoms with Gasteiger partial charge in [-0.3, -0.25) is 4.79 Å². The van der Waals surface area contributed by atoms with Crippen LogP contribution in [0.2, 0.25) is 5.02 Å². The SMILES string of the molecule is CC(C)c1ccc(C(=O)N2CC3CCCC(C2)C3Oc2ccc(C#N)c(Cl)c2)cc1. The Morgan fingerprint density at radius 1 is 1.13 bits per heavy atom. The molecule has 1 heterocycles. The number of likely N-dealkylation sites (tertiary alicyclic amines) is 1. The van der Waals surface area contributed by atoms with Crippen LogP contribution in [0.25, 0.3) is 0 Å². The lowest BCUT2D eigenvalue weighted by Gasteiger charge is -2.47. The summed E-state index contributed by atoms with van der Waals surface area (Å²) < 4.78 is 6.35. The van der Waals surface area contributed by atoms with Gasteiger partial charge in [0.1, 0.15) is 17.9 Å². The lowest BCUT2D eigenvalue weighted by molar-refractivity contribution is -0.0268. The molecular weight excluding hydrogens is 396 g/mol. The lowest BCUT2D eigenvalue weighted by atomic mass is 9.75. The Morgan fingerprint density at radius 3 is 2.37 bits per heavy atom. The zero-order valence-corrected chi connectivity index (χ0v) is 18.2. The molecule has 0 aromatic heterocycles. The summed E-state index contributed by atoms with van der Waals surface area (Å²) >= 11 is 6.18. The van der Waals surface area contributed by atoms with Crippen LogP contribution in [-0.2, 0) is 0 Å². The van der Waals surface area contributed by atoms with Crippen molar-refractivity contribution in [1.29, 1.82) is 5.26 Å². The van der Waals surface area contributed by atoms with E-state index in [2.05, 4.69) is 32.0 Å². The van der Waals surface area contributed by atoms with Crippen molar-refractivity contribution in [2.75, 3.05) is 13.1 Å². The van der Waals surface area contributed by atoms with Crippen LogP contribution in [0.1, 0.15) is 60.5 Å². The van der Waals surface area contributed by atoms with Crippen molar-refractivity contribution < 1.29 is 9.53 Å². The second-order valence-electron chi connectivity index (χ2n) is 8.77. The van der Waals surface area contributed by atoms with E-state index in [9.17, 15) is 4.79 Å². The standard InChI is InChI=1S/C25H27ClN2O2/c1-16(2)17-6-8-18(9-7-17)25(29)28-14-20-4-3-5-21(15-28)24(20)30-22-11-10-19(13-27)23(26)12-22/h6-12,16,20-21,24H,3-5,14-15H2,1-2H3. The third kappa shape index (κ3) is 4.18. The van der Waals surface area contributed by atoms with E-state index in [0.29, 0.717) is 34.1 Å². The van der Waals surface area contributed by atoms with E-state index >= 15 is 0 Å². The summed E-state index contributed by atoms with van der Waals surface area (Å²) in [4.78, 5) is 15.1. The molecule has 0 radical (unpaired) electrons. The van der Waals surface area contributed by atoms with Gasteiger partial charge in [-0.25, -0.2) is 0 Å². The lowest BCUT2D eigenvalue weighted by Crippen LogP contribution is -2.55. The number of amides is 1. The number of nitriles is 1. The molecule has 1 aliphatic heterocycles. The monoisotopic (exact) mass is 422 g/mol. The van der Waals surface area contributed by atoms with Crippen LogP contribution < -0.4 is 4.74 Å². The van der Waals surface area contributed by atoms with Gasteiger partial charge in [0, 0.05) is 36.6 Å². The van der Waals surface area contributed by atoms with Crippen LogP contribution in [0, 0.1) is 23.2 Å². The zero-order chi connectivity index (χ0) is 21.3. The molecule has 2 aliphatic rings. The molecule has 5 heteroatoms. The number of carbonyl (C=O) groups excluding carboxylic acids is 1. The number of ether oxygens (including phenoxy) is 1. The van der Waals surface area contributed by atoms with Gasteiger partial charge in [-0.05, 0) is 48.6 Å². The largest absolute Gasteiger partial charge is 0.490 e. The molecule has 0 N–H and O–H groups in total. The highest BCUT2D eigenvalue weighted by Gasteiger charge is 2.42. The molecule has 4 nitrogen and oxygen atoms in total. The fraction of sp³-hybridized carbons (Fsp3) is 0.440. The summed E-state index contributed by atoms with van der Waals surface area (Å²) in [5.41, 5.74) is 2.46. The highest BCUT2D eigenvalue weighted by atomic mass is 35.5. The summed E-state index contributed by atoms with van der Waals surface area (Å²) in [6.45, 7) is 5.75. The number of fused-ring (bicyclic) bond motifs is 2. The van der Waals surface area contributed by atoms with E-state index in [1.54, 1.807) is 12.1 Å². The Hall–Kier alpha value is -2.51. The predicted octanol–water partition coefficient (Wildman–Crippen LogP) is 5.65. The molecule has 2 bridgehead atoms. The van der Waals surface area contributed by atoms with Crippen molar-refractivity contribution in [3.8, 4) is 11.8 Å². The van der Waals surface area contributed by atoms with Gasteiger partial charge in [-0.1, -0.05) is 44.0 Å². The minimum Gasteiger partial charge on any atom is -0.490 e. The second kappa shape index (κ2) is 8.70. The van der Waals surface area contributed by atoms with Crippen LogP contribution in [0.3, 0.4) is 0 Å². The number of halogens is 1. The maximum atomic E-state index is 13.1. The first kappa shape index (κ1) is 20.8. The molecule has 1 saturated heterocycles. The number of carbonyl (C=O) groups is 1. The smallest absolute Gasteiger partial charge is 0.253 e. The topological polar surface area (TPSA) is 53.3 Å². The Balaban J connectivity index is 1.47. The first-order valence-electron chi connectivity index (χ1n) is 10.7. The third-order valence-electron chi connectivity index (χ3n) is 6.43. The van der Waals surface area contributed by atoms with Crippen LogP contribution >= 0.6 is 11.6 Å². The average molecular weight is 423 g/mol. The van der Waals surface area contributed by atoms with Gasteiger partial charge in [0.15, 0.2) is 0 Å². The molecule has 4 rings (SSSR count). The average Bonchev–Trinajstić information content (AvgIpc) is 2.73. The minimum atomic E-state index is 0.0788. The van der Waals surface area contributed by atoms with E-state index in [1.165, 1.54) is 12.0 Å². The zero-order valence-electron chi connectivity index (χ0n) is 17.5. The van der Waals surface area contributed by atoms with Gasteiger partial charge in [-0.15, -0.1) is 0 Å². The summed E-state index contributed by atoms with van der Waals surface area (Å²) in [5, 5.41) is 9.48. The third-order valence-corrected chi connectivity index (χ3v) is 6.75. The predicted molar refractivity (Wildman–Crippen MR) is 118 cm³/mol. The number of hydrogen-bond donors (Lipinski definition) is 0. The molecule has 2 aromatic rings. The summed E-state index contributed by atoms with van der Waals surface area (Å²) in [5.74, 6) is 1.89. The maximum Gasteiger partial charge on any atom is 0.253 e. The first-order valence-corrected chi connectivity index (χ1v) is 11.1. The van der Waals surface area contributed by atoms with Gasteiger partial charge in [0.25, 0.3) is 5.91 Å². The highest BCUT2D eigenvalue weighted by molar-refractivity contribution is 6.31. The quantitative estimate of drug-likeness (QED) is 0.639. The van der Waals surface area contributed by atoms with E-state index < -0.39 is 0 Å². The second-order valence-corrected chi connectivity index (χ2v) is 9.18. The van der Waals surface area contributed by atoms with E-state index in [4.69, 9.17) is 21.6 Å². The fourth-order valence-electron chi connectivity index (χ4n) is 4.76. The van der Waals surface area contributed by atoms with Crippen molar-refractivity contribution >= 4 is 17.5 Å². The summed E-state index contributed by atoms with van der Waals surface area (Å²) in [6, 6.07) is 15.3. The Bertz CT molecular complexity index is 950. The molecule has 2 aromatic carbocycles. The highest BCUT2D eigenvalue weighted by Crippen LogP contribution is 2.38. The molecule has 2 unspecified atom stereocenters. The minimum absolute atomic E-state index is 0.0788. The number of benzene rings is 2. The summed E-state index contributed by atoms with van der Waals surface area (Å²) in [6.07, 6.45) is 3.37. The number of hydrogen-bond acceptors (Lipinski definition) is 3. The number of piperidine rings is 1. The number of nitrogens with zero attached hydrogens (tertiary/aromatic N) is 2. The van der Waals surface area contributed by atoms with Gasteiger partial charge in [0.05, 0.1) is 10.6 Å². The molecular formula is C25H27ClN2O2. The van der Waals surface area contributed by atoms with Crippen LogP contribution in [0.4, 0.5) is 0 Å². The van der Waals surface area contributed by atoms with Crippen molar-refractivity contribution in [2.45, 2.75) is 45.1 Å². The van der Waals surface area contributed by atoms with E-state index in [-0.39, 0.29) is 12.0 Å². The molecule has 30 heavy (non-hydrogen) atoms. The first-order chi connectivity index (χ1) is 14.5. The molecule has 2 atom stereocenters. The van der Waals surface area contributed by atoms with Crippen LogP contribution in [-0.4, -0.2) is 30.0 Å².